The van der Waals surface area contributed by atoms with Crippen LogP contribution in [0.3, 0.4) is 0 Å². The molecule has 202 valence electrons. The van der Waals surface area contributed by atoms with E-state index >= 15 is 0 Å². The Morgan fingerprint density at radius 1 is 1.15 bits per heavy atom. The number of aliphatic hydroxyl groups is 1. The van der Waals surface area contributed by atoms with Crippen molar-refractivity contribution in [3.05, 3.63) is 59.4 Å². The second-order valence-corrected chi connectivity index (χ2v) is 10.3. The predicted octanol–water partition coefficient (Wildman–Crippen LogP) is 3.55. The number of benzene rings is 1. The van der Waals surface area contributed by atoms with Gasteiger partial charge in [0.1, 0.15) is 17.5 Å². The first kappa shape index (κ1) is 28.0. The Morgan fingerprint density at radius 2 is 1.92 bits per heavy atom. The lowest BCUT2D eigenvalue weighted by molar-refractivity contribution is -0.135. The van der Waals surface area contributed by atoms with Crippen molar-refractivity contribution in [2.45, 2.75) is 56.0 Å². The highest BCUT2D eigenvalue weighted by molar-refractivity contribution is 7.98. The number of piperidine rings is 1. The van der Waals surface area contributed by atoms with Crippen LogP contribution in [-0.4, -0.2) is 56.0 Å². The number of hydrogen-bond donors (Lipinski definition) is 3. The summed E-state index contributed by atoms with van der Waals surface area (Å²) in [6.07, 6.45) is 3.72. The van der Waals surface area contributed by atoms with Gasteiger partial charge in [0, 0.05) is 42.6 Å². The van der Waals surface area contributed by atoms with Crippen LogP contribution in [0, 0.1) is 11.3 Å². The third kappa shape index (κ3) is 7.31. The van der Waals surface area contributed by atoms with Crippen LogP contribution in [-0.2, 0) is 21.8 Å². The highest BCUT2D eigenvalue weighted by atomic mass is 32.2. The molecular weight excluding hydrogens is 514 g/mol. The fourth-order valence-corrected chi connectivity index (χ4v) is 5.30. The lowest BCUT2D eigenvalue weighted by Gasteiger charge is -2.34. The first-order chi connectivity index (χ1) is 18.9. The lowest BCUT2D eigenvalue weighted by Crippen LogP contribution is -2.45. The molecule has 3 aromatic rings. The van der Waals surface area contributed by atoms with Crippen molar-refractivity contribution in [1.82, 2.24) is 19.9 Å². The topological polar surface area (TPSA) is 158 Å². The summed E-state index contributed by atoms with van der Waals surface area (Å²) >= 11 is 1.35. The molecule has 1 fully saturated rings. The zero-order valence-corrected chi connectivity index (χ0v) is 22.6. The average molecular weight is 546 g/mol. The van der Waals surface area contributed by atoms with Crippen LogP contribution in [0.15, 0.2) is 47.6 Å². The van der Waals surface area contributed by atoms with Gasteiger partial charge in [-0.05, 0) is 49.9 Å². The summed E-state index contributed by atoms with van der Waals surface area (Å²) < 4.78 is 0. The van der Waals surface area contributed by atoms with E-state index in [1.807, 2.05) is 18.2 Å². The standard InChI is InChI=1S/C28H31N7O3S/c1-18(37)31-21-10-8-19(9-11-21)26-24(15-29)27(30)34-28(33-26)39-17-22-6-4-5-20(32-22)12-13-25(38)35-14-3-2-7-23(35)16-36/h4-6,8-11,23,36H,2-3,7,12-14,16-17H2,1H3,(H,31,37)(H2,30,33,34). The minimum absolute atomic E-state index is 0.00271. The van der Waals surface area contributed by atoms with Gasteiger partial charge in [0.25, 0.3) is 0 Å². The number of rotatable bonds is 9. The van der Waals surface area contributed by atoms with E-state index in [9.17, 15) is 20.0 Å². The summed E-state index contributed by atoms with van der Waals surface area (Å²) in [5.74, 6) is 0.448. The van der Waals surface area contributed by atoms with Gasteiger partial charge in [-0.3, -0.25) is 14.6 Å². The Balaban J connectivity index is 1.42. The zero-order chi connectivity index (χ0) is 27.8. The number of nitriles is 1. The number of nitrogens with zero attached hydrogens (tertiary/aromatic N) is 5. The molecule has 1 saturated heterocycles. The molecule has 11 heteroatoms. The second kappa shape index (κ2) is 13.2. The van der Waals surface area contributed by atoms with E-state index in [0.717, 1.165) is 30.7 Å². The predicted molar refractivity (Wildman–Crippen MR) is 149 cm³/mol. The number of carbonyl (C=O) groups excluding carboxylic acids is 2. The van der Waals surface area contributed by atoms with Crippen LogP contribution in [0.25, 0.3) is 11.3 Å². The number of anilines is 2. The van der Waals surface area contributed by atoms with E-state index in [4.69, 9.17) is 10.7 Å². The molecule has 2 amide bonds. The first-order valence-electron chi connectivity index (χ1n) is 12.8. The Labute approximate surface area is 231 Å². The Morgan fingerprint density at radius 3 is 2.64 bits per heavy atom. The lowest BCUT2D eigenvalue weighted by atomic mass is 10.0. The molecular formula is C28H31N7O3S. The van der Waals surface area contributed by atoms with E-state index < -0.39 is 0 Å². The second-order valence-electron chi connectivity index (χ2n) is 9.31. The van der Waals surface area contributed by atoms with Crippen LogP contribution in [0.1, 0.15) is 49.6 Å². The fourth-order valence-electron chi connectivity index (χ4n) is 4.54. The minimum Gasteiger partial charge on any atom is -0.394 e. The number of nitrogens with two attached hydrogens (primary N) is 1. The van der Waals surface area contributed by atoms with Crippen molar-refractivity contribution in [1.29, 1.82) is 5.26 Å². The molecule has 4 N–H and O–H groups in total. The SMILES string of the molecule is CC(=O)Nc1ccc(-c2nc(SCc3cccc(CCC(=O)N4CCCCC4CO)n3)nc(N)c2C#N)cc1. The molecule has 4 rings (SSSR count). The molecule has 0 aliphatic carbocycles. The molecule has 0 saturated carbocycles. The van der Waals surface area contributed by atoms with Gasteiger partial charge < -0.3 is 21.1 Å². The maximum absolute atomic E-state index is 12.7. The van der Waals surface area contributed by atoms with Crippen molar-refractivity contribution in [2.75, 3.05) is 24.2 Å². The first-order valence-corrected chi connectivity index (χ1v) is 13.8. The van der Waals surface area contributed by atoms with Gasteiger partial charge in [-0.15, -0.1) is 0 Å². The number of nitrogens with one attached hydrogen (secondary N) is 1. The van der Waals surface area contributed by atoms with Gasteiger partial charge in [-0.25, -0.2) is 9.97 Å². The Bertz CT molecular complexity index is 1370. The third-order valence-electron chi connectivity index (χ3n) is 6.47. The van der Waals surface area contributed by atoms with Crippen molar-refractivity contribution in [2.24, 2.45) is 0 Å². The molecule has 0 radical (unpaired) electrons. The molecule has 39 heavy (non-hydrogen) atoms. The van der Waals surface area contributed by atoms with Crippen LogP contribution >= 0.6 is 11.8 Å². The molecule has 1 aliphatic rings. The van der Waals surface area contributed by atoms with E-state index in [-0.39, 0.29) is 35.8 Å². The van der Waals surface area contributed by atoms with Crippen LogP contribution in [0.5, 0.6) is 0 Å². The molecule has 1 atom stereocenters. The van der Waals surface area contributed by atoms with Crippen LogP contribution < -0.4 is 11.1 Å². The maximum atomic E-state index is 12.7. The van der Waals surface area contributed by atoms with Gasteiger partial charge in [-0.1, -0.05) is 30.0 Å². The molecule has 2 aromatic heterocycles. The van der Waals surface area contributed by atoms with Crippen molar-refractivity contribution in [3.63, 3.8) is 0 Å². The molecule has 10 nitrogen and oxygen atoms in total. The molecule has 0 spiro atoms. The summed E-state index contributed by atoms with van der Waals surface area (Å²) in [5.41, 5.74) is 9.65. The largest absolute Gasteiger partial charge is 0.394 e. The van der Waals surface area contributed by atoms with Crippen molar-refractivity contribution >= 4 is 35.1 Å². The summed E-state index contributed by atoms with van der Waals surface area (Å²) in [5, 5.41) is 22.4. The summed E-state index contributed by atoms with van der Waals surface area (Å²) in [6, 6.07) is 14.7. The summed E-state index contributed by atoms with van der Waals surface area (Å²) in [4.78, 5) is 39.4. The Kier molecular flexibility index (Phi) is 9.46. The minimum atomic E-state index is -0.174. The third-order valence-corrected chi connectivity index (χ3v) is 7.35. The average Bonchev–Trinajstić information content (AvgIpc) is 2.95. The highest BCUT2D eigenvalue weighted by Gasteiger charge is 2.25. The quantitative estimate of drug-likeness (QED) is 0.270. The monoisotopic (exact) mass is 545 g/mol. The van der Waals surface area contributed by atoms with Crippen LogP contribution in [0.4, 0.5) is 11.5 Å². The summed E-state index contributed by atoms with van der Waals surface area (Å²) in [6.45, 7) is 2.13. The van der Waals surface area contributed by atoms with E-state index in [1.165, 1.54) is 18.7 Å². The number of pyridine rings is 1. The van der Waals surface area contributed by atoms with Gasteiger partial charge >= 0.3 is 0 Å². The molecule has 0 bridgehead atoms. The van der Waals surface area contributed by atoms with E-state index in [2.05, 4.69) is 21.4 Å². The smallest absolute Gasteiger partial charge is 0.223 e. The summed E-state index contributed by atoms with van der Waals surface area (Å²) in [7, 11) is 0. The molecule has 1 unspecified atom stereocenters. The number of nitrogen functional groups attached to an aromatic ring is 1. The number of aryl methyl sites for hydroxylation is 1. The van der Waals surface area contributed by atoms with Gasteiger partial charge in [0.05, 0.1) is 24.0 Å². The fraction of sp³-hybridized carbons (Fsp3) is 0.357. The number of likely N-dealkylation sites (tertiary alicyclic amines) is 1. The zero-order valence-electron chi connectivity index (χ0n) is 21.8. The van der Waals surface area contributed by atoms with E-state index in [1.54, 1.807) is 29.2 Å². The molecule has 1 aromatic carbocycles. The highest BCUT2D eigenvalue weighted by Crippen LogP contribution is 2.29. The van der Waals surface area contributed by atoms with Gasteiger partial charge in [0.15, 0.2) is 5.16 Å². The normalized spacial score (nSPS) is 15.0. The molecule has 1 aliphatic heterocycles. The van der Waals surface area contributed by atoms with Crippen LogP contribution in [0.2, 0.25) is 0 Å². The number of hydrogen-bond acceptors (Lipinski definition) is 9. The molecule has 3 heterocycles. The maximum Gasteiger partial charge on any atom is 0.223 e. The van der Waals surface area contributed by atoms with E-state index in [0.29, 0.717) is 47.2 Å². The van der Waals surface area contributed by atoms with Crippen molar-refractivity contribution in [3.8, 4) is 17.3 Å². The number of carbonyl (C=O) groups is 2. The number of aromatic nitrogens is 3. The number of aliphatic hydroxyl groups excluding tert-OH is 1. The Hall–Kier alpha value is -4.01. The number of amides is 2. The van der Waals surface area contributed by atoms with Gasteiger partial charge in [-0.2, -0.15) is 5.26 Å². The number of thioether (sulfide) groups is 1. The van der Waals surface area contributed by atoms with Gasteiger partial charge in [0.2, 0.25) is 11.8 Å². The van der Waals surface area contributed by atoms with Crippen molar-refractivity contribution < 1.29 is 14.7 Å².